The summed E-state index contributed by atoms with van der Waals surface area (Å²) < 4.78 is 54.5. The lowest BCUT2D eigenvalue weighted by molar-refractivity contribution is 0.256. The van der Waals surface area contributed by atoms with Crippen molar-refractivity contribution in [3.05, 3.63) is 81.3 Å². The van der Waals surface area contributed by atoms with Crippen molar-refractivity contribution in [2.45, 2.75) is 4.21 Å². The van der Waals surface area contributed by atoms with Crippen molar-refractivity contribution in [2.24, 2.45) is 0 Å². The van der Waals surface area contributed by atoms with Gasteiger partial charge in [-0.05, 0) is 60.0 Å². The summed E-state index contributed by atoms with van der Waals surface area (Å²) in [6, 6.07) is 11.9. The van der Waals surface area contributed by atoms with Crippen LogP contribution >= 0.6 is 22.9 Å². The second-order valence-electron chi connectivity index (χ2n) is 7.19. The van der Waals surface area contributed by atoms with Gasteiger partial charge in [0.25, 0.3) is 15.6 Å². The highest BCUT2D eigenvalue weighted by Gasteiger charge is 2.20. The van der Waals surface area contributed by atoms with Crippen molar-refractivity contribution < 1.29 is 22.0 Å². The molecule has 0 bridgehead atoms. The summed E-state index contributed by atoms with van der Waals surface area (Å²) in [6.07, 6.45) is 1.51. The Labute approximate surface area is 207 Å². The molecule has 182 valence electrons. The summed E-state index contributed by atoms with van der Waals surface area (Å²) in [7, 11) is -4.08. The Morgan fingerprint density at radius 2 is 1.83 bits per heavy atom. The van der Waals surface area contributed by atoms with Crippen molar-refractivity contribution in [3.63, 3.8) is 0 Å². The zero-order valence-electron chi connectivity index (χ0n) is 17.7. The summed E-state index contributed by atoms with van der Waals surface area (Å²) in [6.45, 7) is -0.711. The van der Waals surface area contributed by atoms with Crippen LogP contribution in [0, 0.1) is 5.82 Å². The van der Waals surface area contributed by atoms with Crippen LogP contribution in [-0.4, -0.2) is 32.2 Å². The maximum Gasteiger partial charge on any atom is 0.333 e. The van der Waals surface area contributed by atoms with Gasteiger partial charge in [0.2, 0.25) is 0 Å². The number of benzene rings is 2. The number of urea groups is 1. The molecule has 35 heavy (non-hydrogen) atoms. The molecule has 0 saturated carbocycles. The van der Waals surface area contributed by atoms with Crippen LogP contribution in [0.1, 0.15) is 0 Å². The van der Waals surface area contributed by atoms with E-state index in [1.807, 2.05) is 4.72 Å². The monoisotopic (exact) mass is 538 g/mol. The Morgan fingerprint density at radius 3 is 2.49 bits per heavy atom. The Balaban J connectivity index is 1.52. The number of fused-ring (bicyclic) bond motifs is 1. The molecule has 0 radical (unpaired) electrons. The fraction of sp³-hybridized carbons (Fsp3) is 0.0909. The van der Waals surface area contributed by atoms with E-state index in [-0.39, 0.29) is 31.9 Å². The van der Waals surface area contributed by atoms with E-state index in [0.29, 0.717) is 11.1 Å². The van der Waals surface area contributed by atoms with Crippen LogP contribution in [-0.2, 0) is 10.0 Å². The number of halogens is 3. The summed E-state index contributed by atoms with van der Waals surface area (Å²) in [5.74, 6) is -0.675. The fourth-order valence-corrected chi connectivity index (χ4v) is 5.65. The van der Waals surface area contributed by atoms with Crippen molar-refractivity contribution in [2.75, 3.05) is 23.9 Å². The van der Waals surface area contributed by atoms with Gasteiger partial charge in [-0.3, -0.25) is 9.36 Å². The number of hydrogen-bond acceptors (Lipinski definition) is 6. The maximum atomic E-state index is 14.3. The normalized spacial score (nSPS) is 11.4. The van der Waals surface area contributed by atoms with Crippen LogP contribution in [0.3, 0.4) is 0 Å². The van der Waals surface area contributed by atoms with E-state index in [4.69, 9.17) is 11.6 Å². The predicted octanol–water partition coefficient (Wildman–Crippen LogP) is 4.74. The molecule has 0 saturated heterocycles. The molecule has 0 unspecified atom stereocenters. The van der Waals surface area contributed by atoms with Crippen molar-refractivity contribution in [1.29, 1.82) is 0 Å². The number of hydrogen-bond donors (Lipinski definition) is 3. The molecule has 0 spiro atoms. The average molecular weight is 539 g/mol. The first-order valence-electron chi connectivity index (χ1n) is 10.0. The lowest BCUT2D eigenvalue weighted by Gasteiger charge is -2.11. The van der Waals surface area contributed by atoms with Crippen LogP contribution in [0.5, 0.6) is 0 Å². The number of rotatable bonds is 7. The molecular formula is C22H17ClF2N4O4S2. The van der Waals surface area contributed by atoms with Crippen molar-refractivity contribution in [1.82, 2.24) is 9.29 Å². The highest BCUT2D eigenvalue weighted by Crippen LogP contribution is 2.25. The third kappa shape index (κ3) is 5.45. The van der Waals surface area contributed by atoms with Crippen LogP contribution in [0.2, 0.25) is 4.34 Å². The minimum Gasteiger partial charge on any atom is -0.380 e. The molecule has 0 aliphatic carbocycles. The van der Waals surface area contributed by atoms with Crippen LogP contribution in [0.25, 0.3) is 16.5 Å². The summed E-state index contributed by atoms with van der Waals surface area (Å²) >= 11 is 6.55. The van der Waals surface area contributed by atoms with Gasteiger partial charge in [-0.1, -0.05) is 11.6 Å². The fourth-order valence-electron chi connectivity index (χ4n) is 3.26. The van der Waals surface area contributed by atoms with Gasteiger partial charge in [0, 0.05) is 24.1 Å². The summed E-state index contributed by atoms with van der Waals surface area (Å²) in [5, 5.41) is 5.64. The van der Waals surface area contributed by atoms with Crippen LogP contribution in [0.15, 0.2) is 69.8 Å². The molecule has 0 aliphatic heterocycles. The molecule has 2 amide bonds. The van der Waals surface area contributed by atoms with Gasteiger partial charge in [0.05, 0.1) is 15.4 Å². The topological polar surface area (TPSA) is 109 Å². The van der Waals surface area contributed by atoms with E-state index < -0.39 is 34.1 Å². The number of amides is 2. The van der Waals surface area contributed by atoms with Gasteiger partial charge < -0.3 is 10.6 Å². The second kappa shape index (κ2) is 10.0. The van der Waals surface area contributed by atoms with Crippen LogP contribution < -0.4 is 20.9 Å². The third-order valence-corrected chi connectivity index (χ3v) is 7.90. The zero-order chi connectivity index (χ0) is 25.2. The third-order valence-electron chi connectivity index (χ3n) is 4.85. The molecule has 2 aromatic heterocycles. The Morgan fingerprint density at radius 1 is 1.09 bits per heavy atom. The van der Waals surface area contributed by atoms with Gasteiger partial charge in [-0.2, -0.15) is 0 Å². The average Bonchev–Trinajstić information content (AvgIpc) is 3.26. The Hall–Kier alpha value is -3.48. The quantitative estimate of drug-likeness (QED) is 0.315. The number of pyridine rings is 1. The van der Waals surface area contributed by atoms with Gasteiger partial charge in [0.1, 0.15) is 16.7 Å². The SMILES string of the molecule is O=C(Nc1ccc(-n2ccc3cc(NCCF)c(F)cc3c2=O)cc1)NS(=O)(=O)c1ccc(Cl)s1. The van der Waals surface area contributed by atoms with E-state index in [1.54, 1.807) is 6.07 Å². The number of nitrogens with zero attached hydrogens (tertiary/aromatic N) is 1. The molecule has 0 fully saturated rings. The van der Waals surface area contributed by atoms with E-state index in [2.05, 4.69) is 10.6 Å². The molecule has 2 aromatic carbocycles. The molecule has 0 atom stereocenters. The maximum absolute atomic E-state index is 14.3. The first kappa shape index (κ1) is 24.6. The second-order valence-corrected chi connectivity index (χ2v) is 10.8. The number of aromatic nitrogens is 1. The smallest absolute Gasteiger partial charge is 0.333 e. The van der Waals surface area contributed by atoms with E-state index in [0.717, 1.165) is 17.4 Å². The standard InChI is InChI=1S/C22H17ClF2N4O4S2/c23-19-5-6-20(34-19)35(32,33)28-22(31)27-14-1-3-15(4-2-14)29-10-7-13-11-18(26-9-8-24)17(25)12-16(13)21(29)30/h1-7,10-12,26H,8-9H2,(H2,27,28,31). The number of thiophene rings is 1. The summed E-state index contributed by atoms with van der Waals surface area (Å²) in [5.41, 5.74) is 0.334. The molecule has 13 heteroatoms. The highest BCUT2D eigenvalue weighted by atomic mass is 35.5. The molecule has 3 N–H and O–H groups in total. The molecule has 0 aliphatic rings. The Bertz CT molecular complexity index is 1570. The zero-order valence-corrected chi connectivity index (χ0v) is 20.1. The molecule has 4 aromatic rings. The van der Waals surface area contributed by atoms with E-state index in [1.165, 1.54) is 53.2 Å². The number of sulfonamides is 1. The van der Waals surface area contributed by atoms with Gasteiger partial charge in [-0.25, -0.2) is 26.7 Å². The highest BCUT2D eigenvalue weighted by molar-refractivity contribution is 7.92. The van der Waals surface area contributed by atoms with Crippen LogP contribution in [0.4, 0.5) is 25.0 Å². The number of carbonyl (C=O) groups excluding carboxylic acids is 1. The minimum atomic E-state index is -4.08. The first-order chi connectivity index (χ1) is 16.7. The molecule has 4 rings (SSSR count). The predicted molar refractivity (Wildman–Crippen MR) is 133 cm³/mol. The summed E-state index contributed by atoms with van der Waals surface area (Å²) in [4.78, 5) is 25.1. The van der Waals surface area contributed by atoms with E-state index in [9.17, 15) is 26.8 Å². The molecule has 2 heterocycles. The molecular weight excluding hydrogens is 522 g/mol. The minimum absolute atomic E-state index is 0.0494. The van der Waals surface area contributed by atoms with E-state index >= 15 is 0 Å². The van der Waals surface area contributed by atoms with Gasteiger partial charge in [0.15, 0.2) is 0 Å². The first-order valence-corrected chi connectivity index (χ1v) is 12.7. The lowest BCUT2D eigenvalue weighted by Crippen LogP contribution is -2.33. The molecule has 8 nitrogen and oxygen atoms in total. The van der Waals surface area contributed by atoms with Gasteiger partial charge >= 0.3 is 6.03 Å². The Kier molecular flexibility index (Phi) is 7.05. The number of alkyl halides is 1. The lowest BCUT2D eigenvalue weighted by atomic mass is 10.1. The number of carbonyl (C=O) groups is 1. The number of nitrogens with one attached hydrogen (secondary N) is 3. The largest absolute Gasteiger partial charge is 0.380 e. The number of anilines is 2. The van der Waals surface area contributed by atoms with Crippen molar-refractivity contribution >= 4 is 61.1 Å². The van der Waals surface area contributed by atoms with Crippen molar-refractivity contribution in [3.8, 4) is 5.69 Å². The van der Waals surface area contributed by atoms with Gasteiger partial charge in [-0.15, -0.1) is 11.3 Å².